The summed E-state index contributed by atoms with van der Waals surface area (Å²) in [4.78, 5) is 5.44. The van der Waals surface area contributed by atoms with E-state index in [0.29, 0.717) is 10.7 Å². The minimum atomic E-state index is -4.51. The lowest BCUT2D eigenvalue weighted by atomic mass is 9.79. The highest BCUT2D eigenvalue weighted by Crippen LogP contribution is 2.54. The van der Waals surface area contributed by atoms with Crippen molar-refractivity contribution in [3.63, 3.8) is 0 Å². The van der Waals surface area contributed by atoms with Crippen molar-refractivity contribution in [1.82, 2.24) is 9.55 Å². The van der Waals surface area contributed by atoms with Gasteiger partial charge in [0.2, 0.25) is 5.95 Å². The molecule has 4 nitrogen and oxygen atoms in total. The largest absolute Gasteiger partial charge is 0.431 e. The van der Waals surface area contributed by atoms with Crippen molar-refractivity contribution in [3.8, 4) is 0 Å². The molecule has 132 valence electrons. The van der Waals surface area contributed by atoms with E-state index in [1.165, 1.54) is 17.2 Å². The first kappa shape index (κ1) is 16.5. The predicted molar refractivity (Wildman–Crippen MR) is 91.4 cm³/mol. The molecule has 2 atom stereocenters. The van der Waals surface area contributed by atoms with E-state index in [2.05, 4.69) is 17.6 Å². The predicted octanol–water partition coefficient (Wildman–Crippen LogP) is 3.95. The molecule has 0 aromatic carbocycles. The summed E-state index contributed by atoms with van der Waals surface area (Å²) in [6.07, 6.45) is 2.77. The first-order valence-corrected chi connectivity index (χ1v) is 8.14. The van der Waals surface area contributed by atoms with Gasteiger partial charge in [-0.15, -0.1) is 12.6 Å². The molecule has 0 amide bonds. The standard InChI is InChI=1S/C17H16F3N3OS/c1-9-7-16-6-4-5-11(17(18,19)20)23(16)15-21-8-12(25)22(15)14(16)10(2)13(9)24-3/h4-8,13,25H,1-3H3. The molecule has 2 aliphatic heterocycles. The van der Waals surface area contributed by atoms with Crippen molar-refractivity contribution in [2.75, 3.05) is 12.0 Å². The smallest absolute Gasteiger partial charge is 0.373 e. The summed E-state index contributed by atoms with van der Waals surface area (Å²) in [5.41, 5.74) is 0.552. The number of hydrogen-bond acceptors (Lipinski definition) is 4. The molecule has 1 aliphatic carbocycles. The molecule has 1 aromatic heterocycles. The molecule has 0 saturated heterocycles. The molecule has 0 radical (unpaired) electrons. The number of halogens is 3. The number of hydrogen-bond donors (Lipinski definition) is 1. The van der Waals surface area contributed by atoms with Gasteiger partial charge in [0.05, 0.1) is 16.9 Å². The van der Waals surface area contributed by atoms with E-state index in [1.807, 2.05) is 19.9 Å². The number of rotatable bonds is 1. The van der Waals surface area contributed by atoms with Gasteiger partial charge in [0.25, 0.3) is 0 Å². The summed E-state index contributed by atoms with van der Waals surface area (Å²) in [7, 11) is 1.59. The van der Waals surface area contributed by atoms with E-state index < -0.39 is 17.4 Å². The zero-order valence-electron chi connectivity index (χ0n) is 13.8. The lowest BCUT2D eigenvalue weighted by Crippen LogP contribution is -2.50. The third-order valence-corrected chi connectivity index (χ3v) is 5.21. The van der Waals surface area contributed by atoms with Crippen molar-refractivity contribution < 1.29 is 17.9 Å². The molecule has 8 heteroatoms. The summed E-state index contributed by atoms with van der Waals surface area (Å²) in [6.45, 7) is 3.74. The van der Waals surface area contributed by atoms with E-state index in [4.69, 9.17) is 4.74 Å². The van der Waals surface area contributed by atoms with Crippen LogP contribution in [-0.4, -0.2) is 34.5 Å². The molecule has 1 spiro atoms. The first-order chi connectivity index (χ1) is 11.7. The fourth-order valence-electron chi connectivity index (χ4n) is 4.12. The highest BCUT2D eigenvalue weighted by molar-refractivity contribution is 7.80. The Bertz CT molecular complexity index is 893. The molecular weight excluding hydrogens is 351 g/mol. The highest BCUT2D eigenvalue weighted by atomic mass is 32.1. The van der Waals surface area contributed by atoms with Crippen molar-refractivity contribution in [1.29, 1.82) is 0 Å². The fourth-order valence-corrected chi connectivity index (χ4v) is 4.37. The van der Waals surface area contributed by atoms with Crippen molar-refractivity contribution in [3.05, 3.63) is 47.3 Å². The summed E-state index contributed by atoms with van der Waals surface area (Å²) in [5, 5.41) is 0.482. The maximum absolute atomic E-state index is 13.7. The molecule has 25 heavy (non-hydrogen) atoms. The second-order valence-electron chi connectivity index (χ2n) is 6.36. The molecule has 4 rings (SSSR count). The van der Waals surface area contributed by atoms with Crippen LogP contribution in [-0.2, 0) is 4.74 Å². The van der Waals surface area contributed by atoms with Crippen molar-refractivity contribution in [2.45, 2.75) is 36.7 Å². The molecule has 0 saturated carbocycles. The van der Waals surface area contributed by atoms with Gasteiger partial charge < -0.3 is 4.74 Å². The Hall–Kier alpha value is -1.93. The summed E-state index contributed by atoms with van der Waals surface area (Å²) in [6, 6.07) is 0. The molecule has 3 aliphatic rings. The van der Waals surface area contributed by atoms with Crippen LogP contribution in [0.3, 0.4) is 0 Å². The van der Waals surface area contributed by atoms with Gasteiger partial charge in [-0.3, -0.25) is 9.47 Å². The molecule has 0 bridgehead atoms. The summed E-state index contributed by atoms with van der Waals surface area (Å²) < 4.78 is 48.4. The van der Waals surface area contributed by atoms with Crippen LogP contribution in [0.5, 0.6) is 0 Å². The minimum absolute atomic E-state index is 0.202. The van der Waals surface area contributed by atoms with E-state index in [-0.39, 0.29) is 12.1 Å². The van der Waals surface area contributed by atoms with Crippen LogP contribution in [0.4, 0.5) is 19.1 Å². The highest BCUT2D eigenvalue weighted by Gasteiger charge is 2.57. The SMILES string of the molecule is COC1C(C)=CC23C=CC=C(C(F)(F)F)N2c2ncc(S)n2C3=C1C. The molecule has 3 heterocycles. The van der Waals surface area contributed by atoms with Gasteiger partial charge in [0.15, 0.2) is 0 Å². The lowest BCUT2D eigenvalue weighted by Gasteiger charge is -2.42. The Labute approximate surface area is 148 Å². The number of allylic oxidation sites excluding steroid dienone is 3. The zero-order valence-corrected chi connectivity index (χ0v) is 14.7. The molecule has 1 aromatic rings. The number of aromatic nitrogens is 2. The van der Waals surface area contributed by atoms with E-state index >= 15 is 0 Å². The topological polar surface area (TPSA) is 30.3 Å². The molecular formula is C17H16F3N3OS. The van der Waals surface area contributed by atoms with Crippen LogP contribution in [0.25, 0.3) is 5.70 Å². The maximum Gasteiger partial charge on any atom is 0.431 e. The molecule has 0 N–H and O–H groups in total. The molecule has 2 unspecified atom stereocenters. The van der Waals surface area contributed by atoms with E-state index in [1.54, 1.807) is 17.8 Å². The van der Waals surface area contributed by atoms with Crippen molar-refractivity contribution in [2.24, 2.45) is 0 Å². The number of ether oxygens (including phenoxy) is 1. The van der Waals surface area contributed by atoms with E-state index in [9.17, 15) is 13.2 Å². The van der Waals surface area contributed by atoms with Crippen LogP contribution in [0.15, 0.2) is 52.4 Å². The zero-order chi connectivity index (χ0) is 18.1. The van der Waals surface area contributed by atoms with E-state index in [0.717, 1.165) is 17.2 Å². The van der Waals surface area contributed by atoms with Gasteiger partial charge in [-0.05, 0) is 43.2 Å². The summed E-state index contributed by atoms with van der Waals surface area (Å²) in [5.74, 6) is 0.202. The average Bonchev–Trinajstić information content (AvgIpc) is 3.01. The van der Waals surface area contributed by atoms with Crippen LogP contribution in [0.2, 0.25) is 0 Å². The Balaban J connectivity index is 2.07. The maximum atomic E-state index is 13.7. The number of methoxy groups -OCH3 is 1. The van der Waals surface area contributed by atoms with Gasteiger partial charge in [0, 0.05) is 7.11 Å². The second kappa shape index (κ2) is 5.04. The quantitative estimate of drug-likeness (QED) is 0.602. The van der Waals surface area contributed by atoms with Gasteiger partial charge in [-0.1, -0.05) is 6.08 Å². The normalized spacial score (nSPS) is 27.8. The summed E-state index contributed by atoms with van der Waals surface area (Å²) >= 11 is 4.41. The third kappa shape index (κ3) is 1.98. The van der Waals surface area contributed by atoms with Crippen molar-refractivity contribution >= 4 is 24.3 Å². The Morgan fingerprint density at radius 3 is 2.68 bits per heavy atom. The number of imidazole rings is 1. The van der Waals surface area contributed by atoms with Gasteiger partial charge in [-0.2, -0.15) is 13.2 Å². The first-order valence-electron chi connectivity index (χ1n) is 7.70. The number of anilines is 1. The number of nitrogens with zero attached hydrogens (tertiary/aromatic N) is 3. The minimum Gasteiger partial charge on any atom is -0.373 e. The number of fused-ring (bicyclic) bond motifs is 3. The number of thiol groups is 1. The Morgan fingerprint density at radius 2 is 2.04 bits per heavy atom. The van der Waals surface area contributed by atoms with Crippen LogP contribution in [0, 0.1) is 0 Å². The average molecular weight is 367 g/mol. The third-order valence-electron chi connectivity index (χ3n) is 4.90. The Kier molecular flexibility index (Phi) is 3.34. The van der Waals surface area contributed by atoms with Crippen LogP contribution in [0.1, 0.15) is 13.8 Å². The second-order valence-corrected chi connectivity index (χ2v) is 6.82. The van der Waals surface area contributed by atoms with Crippen LogP contribution >= 0.6 is 12.6 Å². The van der Waals surface area contributed by atoms with Crippen LogP contribution < -0.4 is 4.90 Å². The number of alkyl halides is 3. The molecule has 0 fully saturated rings. The fraction of sp³-hybridized carbons (Fsp3) is 0.353. The monoisotopic (exact) mass is 367 g/mol. The Morgan fingerprint density at radius 1 is 1.32 bits per heavy atom. The van der Waals surface area contributed by atoms with Gasteiger partial charge >= 0.3 is 6.18 Å². The van der Waals surface area contributed by atoms with Gasteiger partial charge in [-0.25, -0.2) is 4.98 Å². The lowest BCUT2D eigenvalue weighted by molar-refractivity contribution is -0.0941. The van der Waals surface area contributed by atoms with Gasteiger partial charge in [0.1, 0.15) is 17.3 Å².